The van der Waals surface area contributed by atoms with Crippen LogP contribution in [0.3, 0.4) is 0 Å². The maximum absolute atomic E-state index is 10.9. The Morgan fingerprint density at radius 2 is 1.35 bits per heavy atom. The quantitative estimate of drug-likeness (QED) is 0.598. The molecule has 0 bridgehead atoms. The van der Waals surface area contributed by atoms with Crippen molar-refractivity contribution in [3.8, 4) is 17.2 Å². The highest BCUT2D eigenvalue weighted by molar-refractivity contribution is 5.39. The Balaban J connectivity index is 2.13. The summed E-state index contributed by atoms with van der Waals surface area (Å²) < 4.78 is 5.41. The second-order valence-electron chi connectivity index (χ2n) is 3.32. The molecule has 0 spiro atoms. The summed E-state index contributed by atoms with van der Waals surface area (Å²) in [5, 5.41) is 21.3. The monoisotopic (exact) mass is 230 g/mol. The highest BCUT2D eigenvalue weighted by Crippen LogP contribution is 2.25. The molecule has 2 aromatic rings. The molecule has 5 heteroatoms. The van der Waals surface area contributed by atoms with Crippen LogP contribution in [-0.4, -0.2) is 4.92 Å². The lowest BCUT2D eigenvalue weighted by molar-refractivity contribution is -0.384. The smallest absolute Gasteiger partial charge is 0.269 e. The van der Waals surface area contributed by atoms with Gasteiger partial charge in [-0.05, 0) is 36.4 Å². The van der Waals surface area contributed by atoms with E-state index in [-0.39, 0.29) is 11.4 Å². The van der Waals surface area contributed by atoms with Crippen LogP contribution in [0.15, 0.2) is 48.5 Å². The maximum atomic E-state index is 10.9. The van der Waals surface area contributed by atoms with E-state index in [2.05, 4.69) is 0 Å². The minimum atomic E-state index is -0.476. The summed E-state index contributed by atoms with van der Waals surface area (Å²) >= 11 is 0. The molecule has 85 valence electrons. The number of non-ortho nitro benzene ring substituents is 1. The van der Waals surface area contributed by atoms with Gasteiger partial charge in [0.15, 0.2) is 5.75 Å². The van der Waals surface area contributed by atoms with Crippen LogP contribution in [0.1, 0.15) is 0 Å². The topological polar surface area (TPSA) is 72.3 Å². The zero-order chi connectivity index (χ0) is 12.3. The van der Waals surface area contributed by atoms with Crippen molar-refractivity contribution in [1.29, 1.82) is 0 Å². The lowest BCUT2D eigenvalue weighted by atomic mass is 10.3. The van der Waals surface area contributed by atoms with E-state index in [0.717, 1.165) is 0 Å². The van der Waals surface area contributed by atoms with Gasteiger partial charge < -0.3 is 4.74 Å². The molecule has 0 aromatic heterocycles. The largest absolute Gasteiger partial charge is 0.457 e. The molecule has 2 rings (SSSR count). The van der Waals surface area contributed by atoms with Gasteiger partial charge in [-0.25, -0.2) is 0 Å². The summed E-state index contributed by atoms with van der Waals surface area (Å²) in [7, 11) is 0. The molecule has 0 aliphatic carbocycles. The minimum absolute atomic E-state index is 0.00672. The first-order valence-corrected chi connectivity index (χ1v) is 4.84. The Labute approximate surface area is 97.0 Å². The Morgan fingerprint density at radius 1 is 0.882 bits per heavy atom. The average Bonchev–Trinajstić information content (AvgIpc) is 2.33. The average molecular weight is 230 g/mol. The van der Waals surface area contributed by atoms with Crippen LogP contribution in [0.4, 0.5) is 5.69 Å². The highest BCUT2D eigenvalue weighted by Gasteiger charge is 2.04. The van der Waals surface area contributed by atoms with Gasteiger partial charge in [0.1, 0.15) is 11.5 Å². The van der Waals surface area contributed by atoms with Gasteiger partial charge in [0.2, 0.25) is 0 Å². The summed E-state index contributed by atoms with van der Waals surface area (Å²) in [5.74, 6) is 0.897. The van der Waals surface area contributed by atoms with E-state index in [1.807, 2.05) is 0 Å². The van der Waals surface area contributed by atoms with E-state index in [4.69, 9.17) is 4.74 Å². The summed E-state index contributed by atoms with van der Waals surface area (Å²) in [6.07, 6.45) is 0. The molecular formula is C12H8NO4. The minimum Gasteiger partial charge on any atom is -0.457 e. The van der Waals surface area contributed by atoms with Crippen molar-refractivity contribution < 1.29 is 14.8 Å². The van der Waals surface area contributed by atoms with Crippen LogP contribution in [0, 0.1) is 10.1 Å². The molecule has 0 aliphatic rings. The van der Waals surface area contributed by atoms with Crippen LogP contribution in [0.25, 0.3) is 0 Å². The number of nitro groups is 1. The SMILES string of the molecule is [O]c1ccc(Oc2ccc([N+](=O)[O-])cc2)cc1. The van der Waals surface area contributed by atoms with Crippen molar-refractivity contribution in [1.82, 2.24) is 0 Å². The van der Waals surface area contributed by atoms with Gasteiger partial charge in [0.25, 0.3) is 5.69 Å². The molecule has 0 saturated carbocycles. The fraction of sp³-hybridized carbons (Fsp3) is 0. The van der Waals surface area contributed by atoms with Gasteiger partial charge in [-0.15, -0.1) is 0 Å². The Morgan fingerprint density at radius 3 is 1.82 bits per heavy atom. The van der Waals surface area contributed by atoms with Crippen molar-refractivity contribution in [2.24, 2.45) is 0 Å². The molecule has 0 heterocycles. The van der Waals surface area contributed by atoms with Crippen molar-refractivity contribution in [3.63, 3.8) is 0 Å². The maximum Gasteiger partial charge on any atom is 0.269 e. The molecule has 0 fully saturated rings. The fourth-order valence-electron chi connectivity index (χ4n) is 1.28. The summed E-state index contributed by atoms with van der Waals surface area (Å²) in [6.45, 7) is 0. The molecule has 0 N–H and O–H groups in total. The Hall–Kier alpha value is -2.56. The highest BCUT2D eigenvalue weighted by atomic mass is 16.6. The molecule has 2 aromatic carbocycles. The molecule has 0 amide bonds. The molecule has 17 heavy (non-hydrogen) atoms. The van der Waals surface area contributed by atoms with Crippen LogP contribution < -0.4 is 4.74 Å². The molecule has 0 saturated heterocycles. The Bertz CT molecular complexity index is 519. The van der Waals surface area contributed by atoms with E-state index < -0.39 is 4.92 Å². The number of nitrogens with zero attached hydrogens (tertiary/aromatic N) is 1. The predicted octanol–water partition coefficient (Wildman–Crippen LogP) is 3.53. The molecule has 0 unspecified atom stereocenters. The summed E-state index contributed by atoms with van der Waals surface area (Å²) in [4.78, 5) is 9.96. The summed E-state index contributed by atoms with van der Waals surface area (Å²) in [6, 6.07) is 11.6. The molecule has 0 atom stereocenters. The van der Waals surface area contributed by atoms with Crippen LogP contribution in [-0.2, 0) is 5.11 Å². The number of rotatable bonds is 3. The first-order chi connectivity index (χ1) is 8.15. The molecule has 1 radical (unpaired) electrons. The van der Waals surface area contributed by atoms with E-state index in [0.29, 0.717) is 11.5 Å². The van der Waals surface area contributed by atoms with Gasteiger partial charge in [0, 0.05) is 12.1 Å². The first-order valence-electron chi connectivity index (χ1n) is 4.84. The van der Waals surface area contributed by atoms with Gasteiger partial charge in [-0.1, -0.05) is 0 Å². The number of benzene rings is 2. The standard InChI is InChI=1S/C12H8NO4/c14-10-3-7-12(8-4-10)17-11-5-1-9(2-6-11)13(15)16/h1-8H. The lowest BCUT2D eigenvalue weighted by Crippen LogP contribution is -1.88. The van der Waals surface area contributed by atoms with E-state index >= 15 is 0 Å². The van der Waals surface area contributed by atoms with Gasteiger partial charge in [-0.3, -0.25) is 15.2 Å². The zero-order valence-corrected chi connectivity index (χ0v) is 8.70. The number of ether oxygens (including phenoxy) is 1. The normalized spacial score (nSPS) is 9.88. The Kier molecular flexibility index (Phi) is 2.91. The van der Waals surface area contributed by atoms with Crippen molar-refractivity contribution in [2.45, 2.75) is 0 Å². The van der Waals surface area contributed by atoms with Crippen LogP contribution >= 0.6 is 0 Å². The lowest BCUT2D eigenvalue weighted by Gasteiger charge is -2.04. The number of nitro benzene ring substituents is 1. The predicted molar refractivity (Wildman–Crippen MR) is 59.7 cm³/mol. The number of hydrogen-bond acceptors (Lipinski definition) is 3. The third kappa shape index (κ3) is 2.72. The van der Waals surface area contributed by atoms with Crippen molar-refractivity contribution in [2.75, 3.05) is 0 Å². The first kappa shape index (κ1) is 10.9. The zero-order valence-electron chi connectivity index (χ0n) is 8.70. The van der Waals surface area contributed by atoms with Gasteiger partial charge in [-0.2, -0.15) is 0 Å². The van der Waals surface area contributed by atoms with Crippen molar-refractivity contribution in [3.05, 3.63) is 58.6 Å². The van der Waals surface area contributed by atoms with Crippen LogP contribution in [0.5, 0.6) is 17.2 Å². The second-order valence-corrected chi connectivity index (χ2v) is 3.32. The van der Waals surface area contributed by atoms with Crippen molar-refractivity contribution >= 4 is 5.69 Å². The summed E-state index contributed by atoms with van der Waals surface area (Å²) in [5.41, 5.74) is 0.00672. The third-order valence-corrected chi connectivity index (χ3v) is 2.11. The fourth-order valence-corrected chi connectivity index (χ4v) is 1.28. The second kappa shape index (κ2) is 4.52. The molecular weight excluding hydrogens is 222 g/mol. The number of hydrogen-bond donors (Lipinski definition) is 0. The molecule has 5 nitrogen and oxygen atoms in total. The van der Waals surface area contributed by atoms with E-state index in [9.17, 15) is 15.2 Å². The third-order valence-electron chi connectivity index (χ3n) is 2.11. The van der Waals surface area contributed by atoms with Crippen LogP contribution in [0.2, 0.25) is 0 Å². The van der Waals surface area contributed by atoms with E-state index in [1.54, 1.807) is 12.1 Å². The van der Waals surface area contributed by atoms with Gasteiger partial charge >= 0.3 is 0 Å². The van der Waals surface area contributed by atoms with Gasteiger partial charge in [0.05, 0.1) is 4.92 Å². The molecule has 0 aliphatic heterocycles. The van der Waals surface area contributed by atoms with E-state index in [1.165, 1.54) is 36.4 Å².